The van der Waals surface area contributed by atoms with Gasteiger partial charge in [-0.1, -0.05) is 30.3 Å². The molecule has 3 rings (SSSR count). The van der Waals surface area contributed by atoms with Crippen LogP contribution in [0, 0.1) is 13.8 Å². The topological polar surface area (TPSA) is 152 Å². The van der Waals surface area contributed by atoms with E-state index in [1.807, 2.05) is 0 Å². The van der Waals surface area contributed by atoms with Crippen LogP contribution in [0.2, 0.25) is 0 Å². The minimum Gasteiger partial charge on any atom is -0.480 e. The summed E-state index contributed by atoms with van der Waals surface area (Å²) >= 11 is 0. The largest absolute Gasteiger partial charge is 0.480 e. The van der Waals surface area contributed by atoms with E-state index in [9.17, 15) is 28.9 Å². The normalized spacial score (nSPS) is 13.6. The fraction of sp³-hybridized carbons (Fsp3) is 0.261. The summed E-state index contributed by atoms with van der Waals surface area (Å²) < 4.78 is 27.9. The van der Waals surface area contributed by atoms with Gasteiger partial charge in [0, 0.05) is 17.0 Å². The predicted octanol–water partition coefficient (Wildman–Crippen LogP) is 3.74. The number of nitrogens with one attached hydrogen (secondary N) is 1. The number of carboxylic acids is 1. The molecule has 2 atom stereocenters. The van der Waals surface area contributed by atoms with Gasteiger partial charge in [0.05, 0.1) is 6.16 Å². The van der Waals surface area contributed by atoms with Gasteiger partial charge in [-0.15, -0.1) is 0 Å². The number of aryl methyl sites for hydroxylation is 1. The van der Waals surface area contributed by atoms with E-state index in [2.05, 4.69) is 5.32 Å². The molecular weight excluding hydrogens is 465 g/mol. The van der Waals surface area contributed by atoms with Gasteiger partial charge >= 0.3 is 25.3 Å². The summed E-state index contributed by atoms with van der Waals surface area (Å²) in [6.45, 7) is 3.34. The van der Waals surface area contributed by atoms with Crippen molar-refractivity contribution in [3.63, 3.8) is 0 Å². The summed E-state index contributed by atoms with van der Waals surface area (Å²) in [5, 5.41) is 12.2. The van der Waals surface area contributed by atoms with E-state index in [-0.39, 0.29) is 24.4 Å². The first-order chi connectivity index (χ1) is 16.1. The Morgan fingerprint density at radius 1 is 1.12 bits per heavy atom. The molecule has 0 saturated carbocycles. The van der Waals surface area contributed by atoms with E-state index in [1.165, 1.54) is 12.1 Å². The van der Waals surface area contributed by atoms with Crippen molar-refractivity contribution in [1.82, 2.24) is 5.32 Å². The van der Waals surface area contributed by atoms with Gasteiger partial charge in [-0.2, -0.15) is 0 Å². The number of hydrogen-bond donors (Lipinski definition) is 3. The third kappa shape index (κ3) is 6.46. The molecule has 180 valence electrons. The van der Waals surface area contributed by atoms with Crippen molar-refractivity contribution in [1.29, 1.82) is 0 Å². The van der Waals surface area contributed by atoms with Crippen LogP contribution in [0.3, 0.4) is 0 Å². The highest BCUT2D eigenvalue weighted by Gasteiger charge is 2.28. The van der Waals surface area contributed by atoms with Crippen molar-refractivity contribution in [3.8, 4) is 5.75 Å². The van der Waals surface area contributed by atoms with E-state index in [4.69, 9.17) is 13.7 Å². The summed E-state index contributed by atoms with van der Waals surface area (Å²) in [5.74, 6) is -1.41. The van der Waals surface area contributed by atoms with Crippen LogP contribution in [0.5, 0.6) is 5.75 Å². The van der Waals surface area contributed by atoms with Crippen LogP contribution in [0.4, 0.5) is 4.79 Å². The van der Waals surface area contributed by atoms with Gasteiger partial charge in [-0.25, -0.2) is 18.9 Å². The third-order valence-electron chi connectivity index (χ3n) is 5.18. The van der Waals surface area contributed by atoms with Crippen LogP contribution in [-0.4, -0.2) is 34.3 Å². The highest BCUT2D eigenvalue weighted by atomic mass is 31.2. The second kappa shape index (κ2) is 10.5. The first-order valence-electron chi connectivity index (χ1n) is 10.3. The molecule has 0 radical (unpaired) electrons. The van der Waals surface area contributed by atoms with E-state index < -0.39 is 37.5 Å². The molecule has 34 heavy (non-hydrogen) atoms. The molecule has 0 aliphatic rings. The first-order valence-corrected chi connectivity index (χ1v) is 12.1. The second-order valence-electron chi connectivity index (χ2n) is 7.64. The molecule has 0 spiro atoms. The first kappa shape index (κ1) is 25.0. The molecule has 3 aromatic rings. The Balaban J connectivity index is 1.61. The fourth-order valence-electron chi connectivity index (χ4n) is 3.15. The average molecular weight is 489 g/mol. The summed E-state index contributed by atoms with van der Waals surface area (Å²) in [6, 6.07) is 11.7. The van der Waals surface area contributed by atoms with Crippen molar-refractivity contribution >= 4 is 30.6 Å². The van der Waals surface area contributed by atoms with Crippen LogP contribution in [0.25, 0.3) is 11.0 Å². The molecule has 0 saturated heterocycles. The lowest BCUT2D eigenvalue weighted by molar-refractivity contribution is -0.139. The van der Waals surface area contributed by atoms with Gasteiger partial charge in [0.25, 0.3) is 0 Å². The molecule has 0 fully saturated rings. The number of benzene rings is 2. The molecule has 2 aromatic carbocycles. The average Bonchev–Trinajstić information content (AvgIpc) is 2.79. The second-order valence-corrected chi connectivity index (χ2v) is 9.54. The molecule has 0 bridgehead atoms. The number of amides is 1. The highest BCUT2D eigenvalue weighted by Crippen LogP contribution is 2.44. The van der Waals surface area contributed by atoms with Crippen LogP contribution in [0.15, 0.2) is 57.7 Å². The smallest absolute Gasteiger partial charge is 0.408 e. The Kier molecular flexibility index (Phi) is 7.75. The van der Waals surface area contributed by atoms with Gasteiger partial charge in [0.2, 0.25) is 0 Å². The number of alkyl carbamates (subject to hydrolysis) is 1. The van der Waals surface area contributed by atoms with Gasteiger partial charge in [-0.3, -0.25) is 0 Å². The zero-order valence-electron chi connectivity index (χ0n) is 18.5. The maximum atomic E-state index is 12.5. The van der Waals surface area contributed by atoms with Crippen molar-refractivity contribution < 1.29 is 37.8 Å². The number of hydrogen-bond acceptors (Lipinski definition) is 7. The molecule has 10 nitrogen and oxygen atoms in total. The van der Waals surface area contributed by atoms with Crippen molar-refractivity contribution in [3.05, 3.63) is 75.6 Å². The van der Waals surface area contributed by atoms with Crippen molar-refractivity contribution in [2.24, 2.45) is 0 Å². The standard InChI is InChI=1S/C23H24NO9P/c1-14-15(2)22(27)32-20-12-17(8-9-18(14)20)33-34(29,30)11-10-19(21(25)26)24-23(28)31-13-16-6-4-3-5-7-16/h3-9,12,19H,10-11,13H2,1-2H3,(H,24,28)(H,25,26)(H,29,30). The van der Waals surface area contributed by atoms with Crippen LogP contribution in [0.1, 0.15) is 23.1 Å². The summed E-state index contributed by atoms with van der Waals surface area (Å²) in [6.07, 6.45) is -1.91. The SMILES string of the molecule is Cc1c(C)c2ccc(OP(=O)(O)CCC(NC(=O)OCc3ccccc3)C(=O)O)cc2oc1=O. The molecule has 0 aliphatic heterocycles. The monoisotopic (exact) mass is 489 g/mol. The molecular formula is C23H24NO9P. The number of aliphatic carboxylic acids is 1. The number of carbonyl (C=O) groups excluding carboxylic acids is 1. The van der Waals surface area contributed by atoms with E-state index in [0.717, 1.165) is 5.56 Å². The van der Waals surface area contributed by atoms with Crippen LogP contribution < -0.4 is 15.5 Å². The van der Waals surface area contributed by atoms with Crippen LogP contribution in [-0.2, 0) is 20.7 Å². The quantitative estimate of drug-likeness (QED) is 0.301. The minimum atomic E-state index is -4.30. The summed E-state index contributed by atoms with van der Waals surface area (Å²) in [4.78, 5) is 45.6. The Hall–Kier alpha value is -3.62. The molecule has 3 N–H and O–H groups in total. The number of fused-ring (bicyclic) bond motifs is 1. The van der Waals surface area contributed by atoms with Crippen LogP contribution >= 0.6 is 7.60 Å². The fourth-order valence-corrected chi connectivity index (χ4v) is 4.27. The maximum absolute atomic E-state index is 12.5. The molecule has 0 aliphatic carbocycles. The molecule has 11 heteroatoms. The molecule has 1 heterocycles. The third-order valence-corrected chi connectivity index (χ3v) is 6.50. The van der Waals surface area contributed by atoms with E-state index in [0.29, 0.717) is 16.5 Å². The van der Waals surface area contributed by atoms with E-state index >= 15 is 0 Å². The molecule has 1 amide bonds. The number of ether oxygens (including phenoxy) is 1. The lowest BCUT2D eigenvalue weighted by Crippen LogP contribution is -2.41. The maximum Gasteiger partial charge on any atom is 0.408 e. The zero-order valence-corrected chi connectivity index (χ0v) is 19.4. The number of carbonyl (C=O) groups is 2. The van der Waals surface area contributed by atoms with Gasteiger partial charge in [0.1, 0.15) is 24.0 Å². The lowest BCUT2D eigenvalue weighted by atomic mass is 10.1. The number of rotatable bonds is 9. The van der Waals surface area contributed by atoms with Gasteiger partial charge in [0.15, 0.2) is 0 Å². The molecule has 1 aromatic heterocycles. The lowest BCUT2D eigenvalue weighted by Gasteiger charge is -2.18. The number of carboxylic acid groups (broad SMARTS) is 1. The van der Waals surface area contributed by atoms with Crippen molar-refractivity contribution in [2.45, 2.75) is 32.9 Å². The van der Waals surface area contributed by atoms with E-state index in [1.54, 1.807) is 50.2 Å². The minimum absolute atomic E-state index is 0.0214. The van der Waals surface area contributed by atoms with Crippen molar-refractivity contribution in [2.75, 3.05) is 6.16 Å². The zero-order chi connectivity index (χ0) is 24.9. The highest BCUT2D eigenvalue weighted by molar-refractivity contribution is 7.53. The summed E-state index contributed by atoms with van der Waals surface area (Å²) in [5.41, 5.74) is 1.57. The van der Waals surface area contributed by atoms with Gasteiger partial charge < -0.3 is 29.0 Å². The Labute approximate surface area is 194 Å². The Bertz CT molecular complexity index is 1300. The predicted molar refractivity (Wildman–Crippen MR) is 123 cm³/mol. The van der Waals surface area contributed by atoms with Gasteiger partial charge in [-0.05, 0) is 43.5 Å². The Morgan fingerprint density at radius 3 is 2.50 bits per heavy atom. The Morgan fingerprint density at radius 2 is 1.82 bits per heavy atom. The molecule has 2 unspecified atom stereocenters. The summed E-state index contributed by atoms with van der Waals surface area (Å²) in [7, 11) is -4.30.